The van der Waals surface area contributed by atoms with Crippen molar-refractivity contribution in [3.63, 3.8) is 0 Å². The van der Waals surface area contributed by atoms with Crippen molar-refractivity contribution in [1.82, 2.24) is 14.9 Å². The van der Waals surface area contributed by atoms with E-state index in [0.29, 0.717) is 22.0 Å². The zero-order chi connectivity index (χ0) is 22.0. The fourth-order valence-electron chi connectivity index (χ4n) is 4.16. The Morgan fingerprint density at radius 3 is 2.58 bits per heavy atom. The minimum absolute atomic E-state index is 0.00149. The van der Waals surface area contributed by atoms with E-state index in [9.17, 15) is 9.59 Å². The van der Waals surface area contributed by atoms with E-state index >= 15 is 0 Å². The topological polar surface area (TPSA) is 64.0 Å². The third-order valence-electron chi connectivity index (χ3n) is 6.13. The maximum Gasteiger partial charge on any atom is 0.266 e. The molecule has 1 aliphatic rings. The summed E-state index contributed by atoms with van der Waals surface area (Å²) in [6.45, 7) is 6.11. The first-order chi connectivity index (χ1) is 14.9. The van der Waals surface area contributed by atoms with Crippen molar-refractivity contribution in [3.05, 3.63) is 64.4 Å². The van der Waals surface area contributed by atoms with Gasteiger partial charge in [-0.3, -0.25) is 14.2 Å². The highest BCUT2D eigenvalue weighted by Crippen LogP contribution is 2.27. The minimum Gasteiger partial charge on any atom is -0.352 e. The average Bonchev–Trinajstić information content (AvgIpc) is 2.76. The molecule has 31 heavy (non-hydrogen) atoms. The van der Waals surface area contributed by atoms with Crippen LogP contribution in [0.2, 0.25) is 0 Å². The Morgan fingerprint density at radius 1 is 1.13 bits per heavy atom. The first-order valence-corrected chi connectivity index (χ1v) is 11.9. The third-order valence-corrected chi connectivity index (χ3v) is 7.18. The van der Waals surface area contributed by atoms with Crippen molar-refractivity contribution in [1.29, 1.82) is 0 Å². The van der Waals surface area contributed by atoms with E-state index in [1.54, 1.807) is 10.6 Å². The Morgan fingerprint density at radius 2 is 1.84 bits per heavy atom. The number of para-hydroxylation sites is 1. The van der Waals surface area contributed by atoms with Crippen LogP contribution in [-0.4, -0.2) is 26.8 Å². The zero-order valence-corrected chi connectivity index (χ0v) is 19.1. The second-order valence-electron chi connectivity index (χ2n) is 8.52. The highest BCUT2D eigenvalue weighted by atomic mass is 32.2. The van der Waals surface area contributed by atoms with E-state index in [-0.39, 0.29) is 22.8 Å². The quantitative estimate of drug-likeness (QED) is 0.459. The second-order valence-corrected chi connectivity index (χ2v) is 9.83. The largest absolute Gasteiger partial charge is 0.352 e. The van der Waals surface area contributed by atoms with Crippen molar-refractivity contribution in [2.45, 2.75) is 62.9 Å². The average molecular weight is 436 g/mol. The van der Waals surface area contributed by atoms with E-state index in [1.165, 1.54) is 18.2 Å². The predicted octanol–water partition coefficient (Wildman–Crippen LogP) is 4.87. The molecule has 1 fully saturated rings. The highest BCUT2D eigenvalue weighted by molar-refractivity contribution is 8.00. The number of carbonyl (C=O) groups is 1. The van der Waals surface area contributed by atoms with E-state index in [2.05, 4.69) is 12.2 Å². The molecule has 0 radical (unpaired) electrons. The Balaban J connectivity index is 1.67. The summed E-state index contributed by atoms with van der Waals surface area (Å²) >= 11 is 1.34. The zero-order valence-electron chi connectivity index (χ0n) is 18.3. The van der Waals surface area contributed by atoms with Gasteiger partial charge in [0.05, 0.1) is 21.8 Å². The Labute approximate surface area is 187 Å². The molecule has 0 spiro atoms. The van der Waals surface area contributed by atoms with Gasteiger partial charge < -0.3 is 5.32 Å². The maximum absolute atomic E-state index is 13.4. The molecule has 1 saturated carbocycles. The van der Waals surface area contributed by atoms with Crippen LogP contribution in [0.1, 0.15) is 45.1 Å². The number of thioether (sulfide) groups is 1. The molecule has 162 valence electrons. The number of nitrogens with one attached hydrogen (secondary N) is 1. The first-order valence-electron chi connectivity index (χ1n) is 11.0. The van der Waals surface area contributed by atoms with Gasteiger partial charge in [0.15, 0.2) is 5.16 Å². The van der Waals surface area contributed by atoms with Crippen LogP contribution in [0.25, 0.3) is 16.6 Å². The molecule has 0 aliphatic heterocycles. The number of carbonyl (C=O) groups excluding carboxylic acids is 1. The van der Waals surface area contributed by atoms with Crippen LogP contribution in [0.5, 0.6) is 0 Å². The van der Waals surface area contributed by atoms with Crippen molar-refractivity contribution in [3.8, 4) is 5.69 Å². The summed E-state index contributed by atoms with van der Waals surface area (Å²) in [4.78, 5) is 31.1. The molecule has 3 atom stereocenters. The van der Waals surface area contributed by atoms with Gasteiger partial charge in [-0.25, -0.2) is 4.98 Å². The Kier molecular flexibility index (Phi) is 6.46. The molecule has 1 heterocycles. The summed E-state index contributed by atoms with van der Waals surface area (Å²) in [5.74, 6) is 0.501. The van der Waals surface area contributed by atoms with Gasteiger partial charge in [0.2, 0.25) is 5.91 Å². The lowest BCUT2D eigenvalue weighted by atomic mass is 9.86. The van der Waals surface area contributed by atoms with Gasteiger partial charge in [0.1, 0.15) is 0 Å². The molecule has 0 saturated heterocycles. The molecular formula is C25H29N3O2S. The van der Waals surface area contributed by atoms with Gasteiger partial charge >= 0.3 is 0 Å². The normalized spacial score (nSPS) is 19.8. The van der Waals surface area contributed by atoms with Crippen molar-refractivity contribution in [2.75, 3.05) is 0 Å². The summed E-state index contributed by atoms with van der Waals surface area (Å²) in [7, 11) is 0. The lowest BCUT2D eigenvalue weighted by Crippen LogP contribution is -2.44. The van der Waals surface area contributed by atoms with Crippen molar-refractivity contribution < 1.29 is 4.79 Å². The summed E-state index contributed by atoms with van der Waals surface area (Å²) < 4.78 is 1.62. The molecule has 6 heteroatoms. The standard InChI is InChI=1S/C25H29N3O2S/c1-16-12-14-19(15-13-16)28-24(30)20-9-5-7-11-22(20)27-25(28)31-18(3)23(29)26-21-10-6-4-8-17(21)2/h5,7,9,11-15,17-18,21H,4,6,8,10H2,1-3H3,(H,26,29). The third kappa shape index (κ3) is 4.69. The second kappa shape index (κ2) is 9.27. The number of hydrogen-bond acceptors (Lipinski definition) is 4. The van der Waals surface area contributed by atoms with Gasteiger partial charge in [-0.1, -0.05) is 61.4 Å². The molecule has 2 aromatic carbocycles. The minimum atomic E-state index is -0.362. The molecule has 1 aliphatic carbocycles. The van der Waals surface area contributed by atoms with Crippen LogP contribution in [0.3, 0.4) is 0 Å². The van der Waals surface area contributed by atoms with Gasteiger partial charge in [-0.05, 0) is 56.9 Å². The highest BCUT2D eigenvalue weighted by Gasteiger charge is 2.26. The van der Waals surface area contributed by atoms with Gasteiger partial charge in [0, 0.05) is 6.04 Å². The maximum atomic E-state index is 13.4. The summed E-state index contributed by atoms with van der Waals surface area (Å²) in [5.41, 5.74) is 2.40. The molecular weight excluding hydrogens is 406 g/mol. The number of nitrogens with zero attached hydrogens (tertiary/aromatic N) is 2. The summed E-state index contributed by atoms with van der Waals surface area (Å²) in [6, 6.07) is 15.4. The van der Waals surface area contributed by atoms with E-state index in [1.807, 2.05) is 56.3 Å². The lowest BCUT2D eigenvalue weighted by Gasteiger charge is -2.30. The smallest absolute Gasteiger partial charge is 0.266 e. The summed E-state index contributed by atoms with van der Waals surface area (Å²) in [6.07, 6.45) is 4.59. The Bertz CT molecular complexity index is 1140. The van der Waals surface area contributed by atoms with Crippen LogP contribution in [-0.2, 0) is 4.79 Å². The molecule has 3 unspecified atom stereocenters. The fourth-order valence-corrected chi connectivity index (χ4v) is 5.09. The molecule has 4 rings (SSSR count). The number of hydrogen-bond donors (Lipinski definition) is 1. The van der Waals surface area contributed by atoms with Crippen molar-refractivity contribution in [2.24, 2.45) is 5.92 Å². The molecule has 1 N–H and O–H groups in total. The van der Waals surface area contributed by atoms with E-state index in [4.69, 9.17) is 4.98 Å². The molecule has 1 aromatic heterocycles. The number of amides is 1. The van der Waals surface area contributed by atoms with Gasteiger partial charge in [-0.2, -0.15) is 0 Å². The number of rotatable bonds is 5. The SMILES string of the molecule is Cc1ccc(-n2c(SC(C)C(=O)NC3CCCCC3C)nc3ccccc3c2=O)cc1. The van der Waals surface area contributed by atoms with Crippen LogP contribution < -0.4 is 10.9 Å². The van der Waals surface area contributed by atoms with E-state index < -0.39 is 0 Å². The monoisotopic (exact) mass is 435 g/mol. The lowest BCUT2D eigenvalue weighted by molar-refractivity contribution is -0.121. The number of aromatic nitrogens is 2. The van der Waals surface area contributed by atoms with Crippen LogP contribution >= 0.6 is 11.8 Å². The van der Waals surface area contributed by atoms with Gasteiger partial charge in [0.25, 0.3) is 5.56 Å². The molecule has 5 nitrogen and oxygen atoms in total. The van der Waals surface area contributed by atoms with Crippen LogP contribution in [0, 0.1) is 12.8 Å². The first kappa shape index (κ1) is 21.6. The number of fused-ring (bicyclic) bond motifs is 1. The number of benzene rings is 2. The van der Waals surface area contributed by atoms with Crippen LogP contribution in [0.15, 0.2) is 58.5 Å². The fraction of sp³-hybridized carbons (Fsp3) is 0.400. The van der Waals surface area contributed by atoms with Crippen molar-refractivity contribution >= 4 is 28.6 Å². The predicted molar refractivity (Wildman–Crippen MR) is 127 cm³/mol. The number of aryl methyl sites for hydroxylation is 1. The van der Waals surface area contributed by atoms with Gasteiger partial charge in [-0.15, -0.1) is 0 Å². The van der Waals surface area contributed by atoms with Crippen LogP contribution in [0.4, 0.5) is 0 Å². The molecule has 1 amide bonds. The summed E-state index contributed by atoms with van der Waals surface area (Å²) in [5, 5.41) is 3.97. The van der Waals surface area contributed by atoms with E-state index in [0.717, 1.165) is 30.5 Å². The molecule has 3 aromatic rings. The molecule has 0 bridgehead atoms. The Hall–Kier alpha value is -2.60.